The Kier molecular flexibility index (Phi) is 6.41. The van der Waals surface area contributed by atoms with Crippen LogP contribution in [0.2, 0.25) is 0 Å². The van der Waals surface area contributed by atoms with Gasteiger partial charge in [0.05, 0.1) is 12.0 Å². The average Bonchev–Trinajstić information content (AvgIpc) is 2.55. The van der Waals surface area contributed by atoms with E-state index >= 15 is 0 Å². The Morgan fingerprint density at radius 2 is 1.83 bits per heavy atom. The Hall–Kier alpha value is -1.15. The topological polar surface area (TPSA) is 59.1 Å². The molecule has 0 N–H and O–H groups in total. The van der Waals surface area contributed by atoms with Crippen molar-refractivity contribution in [1.82, 2.24) is 9.21 Å². The minimum atomic E-state index is -3.44. The number of rotatable bonds is 7. The summed E-state index contributed by atoms with van der Waals surface area (Å²) >= 11 is 0. The Bertz CT molecular complexity index is 611. The molecule has 2 rings (SSSR count). The quantitative estimate of drug-likeness (QED) is 0.700. The van der Waals surface area contributed by atoms with Crippen molar-refractivity contribution in [3.63, 3.8) is 0 Å². The van der Waals surface area contributed by atoms with Crippen LogP contribution in [0.25, 0.3) is 0 Å². The van der Waals surface area contributed by atoms with Crippen LogP contribution in [-0.2, 0) is 14.8 Å². The molecule has 0 aromatic heterocycles. The number of methoxy groups -OCH3 is 2. The molecule has 1 aliphatic rings. The van der Waals surface area contributed by atoms with Gasteiger partial charge in [0.1, 0.15) is 5.75 Å². The van der Waals surface area contributed by atoms with E-state index in [1.807, 2.05) is 0 Å². The highest BCUT2D eigenvalue weighted by Crippen LogP contribution is 2.24. The Morgan fingerprint density at radius 1 is 1.13 bits per heavy atom. The van der Waals surface area contributed by atoms with E-state index in [0.717, 1.165) is 32.7 Å². The molecular formula is C16H26N2O4S. The van der Waals surface area contributed by atoms with Crippen LogP contribution in [-0.4, -0.2) is 71.2 Å². The van der Waals surface area contributed by atoms with Crippen molar-refractivity contribution in [2.24, 2.45) is 0 Å². The van der Waals surface area contributed by atoms with Crippen molar-refractivity contribution in [3.8, 4) is 5.75 Å². The van der Waals surface area contributed by atoms with Gasteiger partial charge in [-0.15, -0.1) is 0 Å². The minimum absolute atomic E-state index is 0.367. The lowest BCUT2D eigenvalue weighted by Gasteiger charge is -2.34. The Balaban J connectivity index is 2.02. The monoisotopic (exact) mass is 342 g/mol. The lowest BCUT2D eigenvalue weighted by Crippen LogP contribution is -2.48. The largest absolute Gasteiger partial charge is 0.497 e. The number of benzene rings is 1. The first-order valence-corrected chi connectivity index (χ1v) is 9.29. The van der Waals surface area contributed by atoms with Crippen molar-refractivity contribution in [2.75, 3.05) is 53.6 Å². The molecule has 6 nitrogen and oxygen atoms in total. The first-order valence-electron chi connectivity index (χ1n) is 7.85. The molecule has 1 aromatic rings. The van der Waals surface area contributed by atoms with E-state index in [4.69, 9.17) is 9.47 Å². The standard InChI is InChI=1S/C16H26N2O4S/c1-14-13-15(22-3)5-6-16(14)23(19,20)18-10-8-17(9-11-18)7-4-12-21-2/h5-6,13H,4,7-12H2,1-3H3. The summed E-state index contributed by atoms with van der Waals surface area (Å²) in [4.78, 5) is 2.65. The van der Waals surface area contributed by atoms with Crippen LogP contribution in [0.4, 0.5) is 0 Å². The van der Waals surface area contributed by atoms with E-state index < -0.39 is 10.0 Å². The Morgan fingerprint density at radius 3 is 2.39 bits per heavy atom. The molecule has 0 saturated carbocycles. The maximum absolute atomic E-state index is 12.8. The third-order valence-corrected chi connectivity index (χ3v) is 6.21. The molecule has 0 atom stereocenters. The molecule has 1 saturated heterocycles. The van der Waals surface area contributed by atoms with Gasteiger partial charge in [0.25, 0.3) is 0 Å². The number of aryl methyl sites for hydroxylation is 1. The fourth-order valence-corrected chi connectivity index (χ4v) is 4.43. The van der Waals surface area contributed by atoms with Crippen LogP contribution in [0.1, 0.15) is 12.0 Å². The van der Waals surface area contributed by atoms with Crippen LogP contribution >= 0.6 is 0 Å². The normalized spacial score (nSPS) is 17.3. The molecule has 23 heavy (non-hydrogen) atoms. The number of hydrogen-bond donors (Lipinski definition) is 0. The van der Waals surface area contributed by atoms with Crippen LogP contribution in [0.3, 0.4) is 0 Å². The first-order chi connectivity index (χ1) is 11.0. The SMILES string of the molecule is COCCCN1CCN(S(=O)(=O)c2ccc(OC)cc2C)CC1. The van der Waals surface area contributed by atoms with Gasteiger partial charge in [0, 0.05) is 46.4 Å². The smallest absolute Gasteiger partial charge is 0.243 e. The van der Waals surface area contributed by atoms with E-state index in [2.05, 4.69) is 4.90 Å². The fourth-order valence-electron chi connectivity index (χ4n) is 2.80. The summed E-state index contributed by atoms with van der Waals surface area (Å²) < 4.78 is 37.4. The molecule has 0 unspecified atom stereocenters. The highest BCUT2D eigenvalue weighted by Gasteiger charge is 2.29. The summed E-state index contributed by atoms with van der Waals surface area (Å²) in [5, 5.41) is 0. The van der Waals surface area contributed by atoms with E-state index in [9.17, 15) is 8.42 Å². The van der Waals surface area contributed by atoms with E-state index in [1.165, 1.54) is 0 Å². The second kappa shape index (κ2) is 8.10. The summed E-state index contributed by atoms with van der Waals surface area (Å²) in [6.07, 6.45) is 0.973. The predicted octanol–water partition coefficient (Wildman–Crippen LogP) is 1.35. The molecule has 0 amide bonds. The van der Waals surface area contributed by atoms with Crippen molar-refractivity contribution in [3.05, 3.63) is 23.8 Å². The van der Waals surface area contributed by atoms with E-state index in [-0.39, 0.29) is 0 Å². The molecule has 1 heterocycles. The summed E-state index contributed by atoms with van der Waals surface area (Å²) in [7, 11) is -0.169. The van der Waals surface area contributed by atoms with E-state index in [0.29, 0.717) is 29.3 Å². The molecule has 0 radical (unpaired) electrons. The number of nitrogens with zero attached hydrogens (tertiary/aromatic N) is 2. The number of piperazine rings is 1. The second-order valence-corrected chi connectivity index (χ2v) is 7.63. The number of sulfonamides is 1. The van der Waals surface area contributed by atoms with Crippen LogP contribution in [0.15, 0.2) is 23.1 Å². The number of hydrogen-bond acceptors (Lipinski definition) is 5. The van der Waals surface area contributed by atoms with Gasteiger partial charge in [-0.25, -0.2) is 8.42 Å². The van der Waals surface area contributed by atoms with Gasteiger partial charge in [-0.3, -0.25) is 0 Å². The van der Waals surface area contributed by atoms with Gasteiger partial charge in [-0.2, -0.15) is 4.31 Å². The molecule has 0 spiro atoms. The van der Waals surface area contributed by atoms with E-state index in [1.54, 1.807) is 43.6 Å². The molecule has 1 fully saturated rings. The zero-order valence-corrected chi connectivity index (χ0v) is 14.9. The molecular weight excluding hydrogens is 316 g/mol. The Labute approximate surface area is 139 Å². The molecule has 1 aromatic carbocycles. The highest BCUT2D eigenvalue weighted by atomic mass is 32.2. The van der Waals surface area contributed by atoms with Gasteiger partial charge in [0.2, 0.25) is 10.0 Å². The van der Waals surface area contributed by atoms with Gasteiger partial charge in [-0.05, 0) is 37.1 Å². The van der Waals surface area contributed by atoms with Crippen LogP contribution in [0.5, 0.6) is 5.75 Å². The third kappa shape index (κ3) is 4.44. The molecule has 0 bridgehead atoms. The molecule has 1 aliphatic heterocycles. The van der Waals surface area contributed by atoms with Gasteiger partial charge in [-0.1, -0.05) is 0 Å². The van der Waals surface area contributed by atoms with Crippen molar-refractivity contribution >= 4 is 10.0 Å². The first kappa shape index (κ1) is 18.2. The lowest BCUT2D eigenvalue weighted by atomic mass is 10.2. The van der Waals surface area contributed by atoms with Gasteiger partial charge >= 0.3 is 0 Å². The number of ether oxygens (including phenoxy) is 2. The van der Waals surface area contributed by atoms with Crippen molar-refractivity contribution in [1.29, 1.82) is 0 Å². The predicted molar refractivity (Wildman–Crippen MR) is 89.4 cm³/mol. The lowest BCUT2D eigenvalue weighted by molar-refractivity contribution is 0.149. The van der Waals surface area contributed by atoms with Gasteiger partial charge < -0.3 is 14.4 Å². The zero-order valence-electron chi connectivity index (χ0n) is 14.1. The highest BCUT2D eigenvalue weighted by molar-refractivity contribution is 7.89. The fraction of sp³-hybridized carbons (Fsp3) is 0.625. The van der Waals surface area contributed by atoms with Gasteiger partial charge in [0.15, 0.2) is 0 Å². The summed E-state index contributed by atoms with van der Waals surface area (Å²) in [5.74, 6) is 0.671. The summed E-state index contributed by atoms with van der Waals surface area (Å²) in [6.45, 7) is 6.07. The zero-order chi connectivity index (χ0) is 16.9. The minimum Gasteiger partial charge on any atom is -0.497 e. The van der Waals surface area contributed by atoms with Crippen LogP contribution in [0, 0.1) is 6.92 Å². The molecule has 7 heteroatoms. The maximum Gasteiger partial charge on any atom is 0.243 e. The third-order valence-electron chi connectivity index (χ3n) is 4.15. The summed E-state index contributed by atoms with van der Waals surface area (Å²) in [6, 6.07) is 5.09. The van der Waals surface area contributed by atoms with Crippen molar-refractivity contribution in [2.45, 2.75) is 18.2 Å². The summed E-state index contributed by atoms with van der Waals surface area (Å²) in [5.41, 5.74) is 0.715. The molecule has 0 aliphatic carbocycles. The average molecular weight is 342 g/mol. The molecule has 130 valence electrons. The maximum atomic E-state index is 12.8. The van der Waals surface area contributed by atoms with Crippen LogP contribution < -0.4 is 4.74 Å². The van der Waals surface area contributed by atoms with Crippen molar-refractivity contribution < 1.29 is 17.9 Å². The second-order valence-electron chi connectivity index (χ2n) is 5.72.